The van der Waals surface area contributed by atoms with E-state index in [2.05, 4.69) is 25.2 Å². The quantitative estimate of drug-likeness (QED) is 0.751. The molecule has 2 aromatic carbocycles. The summed E-state index contributed by atoms with van der Waals surface area (Å²) >= 11 is 6.02. The van der Waals surface area contributed by atoms with Crippen molar-refractivity contribution in [1.82, 2.24) is 0 Å². The average Bonchev–Trinajstić information content (AvgIpc) is 2.56. The Hall–Kier alpha value is -2.00. The van der Waals surface area contributed by atoms with Gasteiger partial charge in [-0.3, -0.25) is 4.79 Å². The van der Waals surface area contributed by atoms with Crippen LogP contribution in [0.2, 0.25) is 5.02 Å². The number of carbonyl (C=O) groups is 1. The lowest BCUT2D eigenvalue weighted by Crippen LogP contribution is -2.16. The van der Waals surface area contributed by atoms with Gasteiger partial charge in [-0.2, -0.15) is 0 Å². The molecule has 0 heterocycles. The van der Waals surface area contributed by atoms with Crippen molar-refractivity contribution in [3.05, 3.63) is 59.1 Å². The zero-order valence-corrected chi connectivity index (χ0v) is 14.3. The second kappa shape index (κ2) is 8.59. The van der Waals surface area contributed by atoms with Gasteiger partial charge in [0.05, 0.1) is 18.1 Å². The Morgan fingerprint density at radius 3 is 2.61 bits per heavy atom. The van der Waals surface area contributed by atoms with Gasteiger partial charge in [0, 0.05) is 5.69 Å². The maximum atomic E-state index is 12.1. The molecule has 0 aromatic heterocycles. The number of hydrogen-bond donors (Lipinski definition) is 1. The lowest BCUT2D eigenvalue weighted by Gasteiger charge is -2.15. The normalized spacial score (nSPS) is 11.8. The van der Waals surface area contributed by atoms with Gasteiger partial charge < -0.3 is 10.1 Å². The molecule has 1 amide bonds. The fraction of sp³-hybridized carbons (Fsp3) is 0.316. The summed E-state index contributed by atoms with van der Waals surface area (Å²) in [6.07, 6.45) is 1.31. The molecule has 2 rings (SSSR count). The molecule has 0 radical (unpaired) electrons. The molecule has 2 aromatic rings. The summed E-state index contributed by atoms with van der Waals surface area (Å²) in [6, 6.07) is 15.2. The summed E-state index contributed by atoms with van der Waals surface area (Å²) in [5.41, 5.74) is 2.04. The van der Waals surface area contributed by atoms with Gasteiger partial charge in [-0.1, -0.05) is 55.8 Å². The van der Waals surface area contributed by atoms with E-state index in [1.807, 2.05) is 30.3 Å². The first-order valence-electron chi connectivity index (χ1n) is 7.88. The second-order valence-electron chi connectivity index (χ2n) is 5.47. The molecule has 0 spiro atoms. The Bertz CT molecular complexity index is 657. The Morgan fingerprint density at radius 1 is 1.17 bits per heavy atom. The van der Waals surface area contributed by atoms with Crippen LogP contribution in [-0.4, -0.2) is 12.5 Å². The molecule has 0 aliphatic carbocycles. The van der Waals surface area contributed by atoms with Crippen molar-refractivity contribution in [3.63, 3.8) is 0 Å². The predicted octanol–water partition coefficient (Wildman–Crippen LogP) is 5.26. The molecule has 0 fully saturated rings. The van der Waals surface area contributed by atoms with Crippen LogP contribution in [0.25, 0.3) is 0 Å². The van der Waals surface area contributed by atoms with Crippen molar-refractivity contribution in [2.24, 2.45) is 0 Å². The standard InChI is InChI=1S/C19H22ClNO2/c1-3-14(2)15-8-4-6-10-17(15)21-19(22)12-13-23-18-11-7-5-9-16(18)20/h4-11,14H,3,12-13H2,1-2H3,(H,21,22). The fourth-order valence-corrected chi connectivity index (χ4v) is 2.48. The molecule has 1 atom stereocenters. The van der Waals surface area contributed by atoms with E-state index in [0.29, 0.717) is 23.3 Å². The Kier molecular flexibility index (Phi) is 6.48. The van der Waals surface area contributed by atoms with Gasteiger partial charge in [0.2, 0.25) is 5.91 Å². The number of hydrogen-bond acceptors (Lipinski definition) is 2. The Morgan fingerprint density at radius 2 is 1.87 bits per heavy atom. The lowest BCUT2D eigenvalue weighted by atomic mass is 9.97. The molecule has 3 nitrogen and oxygen atoms in total. The highest BCUT2D eigenvalue weighted by Crippen LogP contribution is 2.27. The topological polar surface area (TPSA) is 38.3 Å². The van der Waals surface area contributed by atoms with Crippen LogP contribution in [0, 0.1) is 0 Å². The van der Waals surface area contributed by atoms with Crippen LogP contribution < -0.4 is 10.1 Å². The minimum Gasteiger partial charge on any atom is -0.491 e. The van der Waals surface area contributed by atoms with E-state index in [1.165, 1.54) is 0 Å². The molecule has 4 heteroatoms. The molecule has 122 valence electrons. The van der Waals surface area contributed by atoms with Gasteiger partial charge in [-0.15, -0.1) is 0 Å². The van der Waals surface area contributed by atoms with Crippen LogP contribution in [0.15, 0.2) is 48.5 Å². The van der Waals surface area contributed by atoms with Crippen LogP contribution in [0.5, 0.6) is 5.75 Å². The van der Waals surface area contributed by atoms with E-state index in [4.69, 9.17) is 16.3 Å². The number of carbonyl (C=O) groups excluding carboxylic acids is 1. The SMILES string of the molecule is CCC(C)c1ccccc1NC(=O)CCOc1ccccc1Cl. The summed E-state index contributed by atoms with van der Waals surface area (Å²) in [7, 11) is 0. The van der Waals surface area contributed by atoms with E-state index < -0.39 is 0 Å². The number of ether oxygens (including phenoxy) is 1. The second-order valence-corrected chi connectivity index (χ2v) is 5.88. The minimum atomic E-state index is -0.0622. The van der Waals surface area contributed by atoms with Crippen molar-refractivity contribution >= 4 is 23.2 Å². The summed E-state index contributed by atoms with van der Waals surface area (Å²) in [4.78, 5) is 12.1. The largest absolute Gasteiger partial charge is 0.491 e. The van der Waals surface area contributed by atoms with Crippen LogP contribution in [0.1, 0.15) is 38.2 Å². The molecule has 1 N–H and O–H groups in total. The Labute approximate surface area is 142 Å². The number of para-hydroxylation sites is 2. The monoisotopic (exact) mass is 331 g/mol. The fourth-order valence-electron chi connectivity index (χ4n) is 2.29. The van der Waals surface area contributed by atoms with E-state index in [9.17, 15) is 4.79 Å². The van der Waals surface area contributed by atoms with E-state index in [1.54, 1.807) is 12.1 Å². The van der Waals surface area contributed by atoms with Gasteiger partial charge >= 0.3 is 0 Å². The molecule has 0 saturated heterocycles. The highest BCUT2D eigenvalue weighted by Gasteiger charge is 2.11. The Balaban J connectivity index is 1.89. The van der Waals surface area contributed by atoms with Crippen molar-refractivity contribution in [3.8, 4) is 5.75 Å². The van der Waals surface area contributed by atoms with Crippen molar-refractivity contribution in [1.29, 1.82) is 0 Å². The van der Waals surface area contributed by atoms with Crippen LogP contribution >= 0.6 is 11.6 Å². The van der Waals surface area contributed by atoms with Gasteiger partial charge in [0.15, 0.2) is 0 Å². The molecular weight excluding hydrogens is 310 g/mol. The first kappa shape index (κ1) is 17.4. The third-order valence-electron chi connectivity index (χ3n) is 3.80. The minimum absolute atomic E-state index is 0.0622. The zero-order chi connectivity index (χ0) is 16.7. The zero-order valence-electron chi connectivity index (χ0n) is 13.5. The molecule has 0 aliphatic rings. The number of amides is 1. The first-order chi connectivity index (χ1) is 11.1. The molecule has 1 unspecified atom stereocenters. The number of rotatable bonds is 7. The van der Waals surface area contributed by atoms with Crippen LogP contribution in [0.4, 0.5) is 5.69 Å². The van der Waals surface area contributed by atoms with Gasteiger partial charge in [-0.05, 0) is 36.1 Å². The number of nitrogens with one attached hydrogen (secondary N) is 1. The molecule has 0 saturated carbocycles. The third kappa shape index (κ3) is 5.00. The van der Waals surface area contributed by atoms with Crippen molar-refractivity contribution in [2.45, 2.75) is 32.6 Å². The van der Waals surface area contributed by atoms with Crippen LogP contribution in [0.3, 0.4) is 0 Å². The van der Waals surface area contributed by atoms with Crippen molar-refractivity contribution < 1.29 is 9.53 Å². The van der Waals surface area contributed by atoms with Crippen molar-refractivity contribution in [2.75, 3.05) is 11.9 Å². The highest BCUT2D eigenvalue weighted by molar-refractivity contribution is 6.32. The van der Waals surface area contributed by atoms with Crippen LogP contribution in [-0.2, 0) is 4.79 Å². The highest BCUT2D eigenvalue weighted by atomic mass is 35.5. The van der Waals surface area contributed by atoms with Gasteiger partial charge in [-0.25, -0.2) is 0 Å². The summed E-state index contributed by atoms with van der Waals surface area (Å²) in [5, 5.41) is 3.53. The number of anilines is 1. The van der Waals surface area contributed by atoms with Gasteiger partial charge in [0.25, 0.3) is 0 Å². The smallest absolute Gasteiger partial charge is 0.227 e. The summed E-state index contributed by atoms with van der Waals surface area (Å²) in [5.74, 6) is 0.945. The van der Waals surface area contributed by atoms with E-state index in [-0.39, 0.29) is 12.3 Å². The number of benzene rings is 2. The molecule has 0 aliphatic heterocycles. The molecule has 0 bridgehead atoms. The number of halogens is 1. The van der Waals surface area contributed by atoms with Gasteiger partial charge in [0.1, 0.15) is 5.75 Å². The third-order valence-corrected chi connectivity index (χ3v) is 4.11. The maximum Gasteiger partial charge on any atom is 0.227 e. The van der Waals surface area contributed by atoms with E-state index >= 15 is 0 Å². The van der Waals surface area contributed by atoms with E-state index in [0.717, 1.165) is 17.7 Å². The predicted molar refractivity (Wildman–Crippen MR) is 95.3 cm³/mol. The maximum absolute atomic E-state index is 12.1. The first-order valence-corrected chi connectivity index (χ1v) is 8.25. The molecular formula is C19H22ClNO2. The lowest BCUT2D eigenvalue weighted by molar-refractivity contribution is -0.116. The molecule has 23 heavy (non-hydrogen) atoms. The summed E-state index contributed by atoms with van der Waals surface area (Å²) < 4.78 is 5.55. The summed E-state index contributed by atoms with van der Waals surface area (Å²) in [6.45, 7) is 4.59. The average molecular weight is 332 g/mol.